The maximum atomic E-state index is 13.6. The SMILES string of the molecule is C[C@H](C(=O)Nc1ccc(F)c(F)c1F)N(C)Cc1cccs1. The van der Waals surface area contributed by atoms with E-state index in [-0.39, 0.29) is 5.69 Å². The van der Waals surface area contributed by atoms with Crippen LogP contribution >= 0.6 is 11.3 Å². The molecular formula is C15H15F3N2OS. The first-order valence-corrected chi connectivity index (χ1v) is 7.45. The van der Waals surface area contributed by atoms with Crippen molar-refractivity contribution in [1.82, 2.24) is 4.90 Å². The number of hydrogen-bond donors (Lipinski definition) is 1. The minimum Gasteiger partial charge on any atom is -0.322 e. The average Bonchev–Trinajstić information content (AvgIpc) is 2.99. The molecule has 1 N–H and O–H groups in total. The van der Waals surface area contributed by atoms with E-state index in [4.69, 9.17) is 0 Å². The molecule has 1 heterocycles. The highest BCUT2D eigenvalue weighted by atomic mass is 32.1. The molecule has 0 bridgehead atoms. The molecule has 7 heteroatoms. The van der Waals surface area contributed by atoms with Gasteiger partial charge in [0.15, 0.2) is 17.5 Å². The summed E-state index contributed by atoms with van der Waals surface area (Å²) in [4.78, 5) is 15.0. The Hall–Kier alpha value is -1.86. The van der Waals surface area contributed by atoms with E-state index in [0.717, 1.165) is 17.0 Å². The van der Waals surface area contributed by atoms with Crippen LogP contribution in [0.3, 0.4) is 0 Å². The molecule has 0 saturated carbocycles. The molecule has 0 aliphatic carbocycles. The summed E-state index contributed by atoms with van der Waals surface area (Å²) in [5.41, 5.74) is -0.375. The van der Waals surface area contributed by atoms with E-state index in [1.807, 2.05) is 17.5 Å². The van der Waals surface area contributed by atoms with E-state index in [1.54, 1.807) is 30.2 Å². The summed E-state index contributed by atoms with van der Waals surface area (Å²) in [6.45, 7) is 2.22. The number of carbonyl (C=O) groups is 1. The summed E-state index contributed by atoms with van der Waals surface area (Å²) in [6.07, 6.45) is 0. The third kappa shape index (κ3) is 3.66. The van der Waals surface area contributed by atoms with Gasteiger partial charge in [-0.2, -0.15) is 0 Å². The summed E-state index contributed by atoms with van der Waals surface area (Å²) in [6, 6.07) is 5.07. The van der Waals surface area contributed by atoms with Gasteiger partial charge in [-0.15, -0.1) is 11.3 Å². The zero-order valence-corrected chi connectivity index (χ0v) is 12.9. The van der Waals surface area contributed by atoms with Gasteiger partial charge in [-0.3, -0.25) is 9.69 Å². The fourth-order valence-corrected chi connectivity index (χ4v) is 2.61. The van der Waals surface area contributed by atoms with E-state index in [1.165, 1.54) is 0 Å². The van der Waals surface area contributed by atoms with Gasteiger partial charge in [0.2, 0.25) is 5.91 Å². The summed E-state index contributed by atoms with van der Waals surface area (Å²) in [5, 5.41) is 4.21. The Kier molecular flexibility index (Phi) is 5.20. The van der Waals surface area contributed by atoms with Crippen molar-refractivity contribution in [1.29, 1.82) is 0 Å². The van der Waals surface area contributed by atoms with Gasteiger partial charge in [0.25, 0.3) is 0 Å². The highest BCUT2D eigenvalue weighted by molar-refractivity contribution is 7.09. The van der Waals surface area contributed by atoms with Crippen molar-refractivity contribution in [2.45, 2.75) is 19.5 Å². The Morgan fingerprint density at radius 3 is 2.64 bits per heavy atom. The Labute approximate surface area is 130 Å². The molecule has 3 nitrogen and oxygen atoms in total. The standard InChI is InChI=1S/C15H15F3N2OS/c1-9(20(2)8-10-4-3-7-22-10)15(21)19-12-6-5-11(16)13(17)14(12)18/h3-7,9H,8H2,1-2H3,(H,19,21)/t9-/m1/s1. The van der Waals surface area contributed by atoms with Gasteiger partial charge in [-0.05, 0) is 37.6 Å². The molecule has 0 aliphatic heterocycles. The van der Waals surface area contributed by atoms with E-state index in [2.05, 4.69) is 5.32 Å². The van der Waals surface area contributed by atoms with Crippen molar-refractivity contribution in [2.75, 3.05) is 12.4 Å². The third-order valence-electron chi connectivity index (χ3n) is 3.32. The Bertz CT molecular complexity index is 661. The lowest BCUT2D eigenvalue weighted by Crippen LogP contribution is -2.39. The van der Waals surface area contributed by atoms with Crippen molar-refractivity contribution in [3.63, 3.8) is 0 Å². The predicted molar refractivity (Wildman–Crippen MR) is 80.2 cm³/mol. The number of thiophene rings is 1. The molecule has 0 fully saturated rings. The van der Waals surface area contributed by atoms with Crippen LogP contribution in [0.4, 0.5) is 18.9 Å². The molecule has 1 atom stereocenters. The second-order valence-corrected chi connectivity index (χ2v) is 5.91. The molecule has 1 aromatic heterocycles. The van der Waals surface area contributed by atoms with Gasteiger partial charge >= 0.3 is 0 Å². The second-order valence-electron chi connectivity index (χ2n) is 4.88. The molecule has 0 unspecified atom stereocenters. The third-order valence-corrected chi connectivity index (χ3v) is 4.18. The van der Waals surface area contributed by atoms with Crippen LogP contribution in [0.5, 0.6) is 0 Å². The molecule has 22 heavy (non-hydrogen) atoms. The smallest absolute Gasteiger partial charge is 0.241 e. The van der Waals surface area contributed by atoms with Crippen molar-refractivity contribution in [3.8, 4) is 0 Å². The lowest BCUT2D eigenvalue weighted by Gasteiger charge is -2.23. The molecular weight excluding hydrogens is 313 g/mol. The summed E-state index contributed by atoms with van der Waals surface area (Å²) < 4.78 is 39.6. The fraction of sp³-hybridized carbons (Fsp3) is 0.267. The molecule has 1 aromatic carbocycles. The van der Waals surface area contributed by atoms with E-state index >= 15 is 0 Å². The van der Waals surface area contributed by atoms with Crippen molar-refractivity contribution in [3.05, 3.63) is 52.0 Å². The Morgan fingerprint density at radius 2 is 2.00 bits per heavy atom. The molecule has 118 valence electrons. The minimum absolute atomic E-state index is 0.375. The van der Waals surface area contributed by atoms with Crippen LogP contribution in [-0.4, -0.2) is 23.9 Å². The topological polar surface area (TPSA) is 32.3 Å². The molecule has 0 spiro atoms. The molecule has 2 aromatic rings. The quantitative estimate of drug-likeness (QED) is 0.850. The van der Waals surface area contributed by atoms with Gasteiger partial charge in [0, 0.05) is 11.4 Å². The van der Waals surface area contributed by atoms with Gasteiger partial charge in [0.1, 0.15) is 0 Å². The maximum absolute atomic E-state index is 13.6. The number of benzene rings is 1. The van der Waals surface area contributed by atoms with E-state index in [0.29, 0.717) is 6.54 Å². The van der Waals surface area contributed by atoms with Crippen molar-refractivity contribution < 1.29 is 18.0 Å². The van der Waals surface area contributed by atoms with Crippen LogP contribution in [0.2, 0.25) is 0 Å². The fourth-order valence-electron chi connectivity index (χ4n) is 1.85. The molecule has 0 saturated heterocycles. The van der Waals surface area contributed by atoms with E-state index in [9.17, 15) is 18.0 Å². The second kappa shape index (κ2) is 6.93. The maximum Gasteiger partial charge on any atom is 0.241 e. The minimum atomic E-state index is -1.60. The number of halogens is 3. The van der Waals surface area contributed by atoms with Gasteiger partial charge < -0.3 is 5.32 Å². The zero-order valence-electron chi connectivity index (χ0n) is 12.1. The summed E-state index contributed by atoms with van der Waals surface area (Å²) in [7, 11) is 1.76. The van der Waals surface area contributed by atoms with Crippen LogP contribution in [0.15, 0.2) is 29.6 Å². The number of carbonyl (C=O) groups excluding carboxylic acids is 1. The number of likely N-dealkylation sites (N-methyl/N-ethyl adjacent to an activating group) is 1. The molecule has 0 radical (unpaired) electrons. The summed E-state index contributed by atoms with van der Waals surface area (Å²) in [5.74, 6) is -4.79. The number of nitrogens with zero attached hydrogens (tertiary/aromatic N) is 1. The largest absolute Gasteiger partial charge is 0.322 e. The van der Waals surface area contributed by atoms with Crippen molar-refractivity contribution in [2.24, 2.45) is 0 Å². The normalized spacial score (nSPS) is 12.5. The Balaban J connectivity index is 2.03. The van der Waals surface area contributed by atoms with Crippen LogP contribution in [0.25, 0.3) is 0 Å². The number of anilines is 1. The van der Waals surface area contributed by atoms with Gasteiger partial charge in [0.05, 0.1) is 11.7 Å². The van der Waals surface area contributed by atoms with Crippen LogP contribution < -0.4 is 5.32 Å². The highest BCUT2D eigenvalue weighted by Gasteiger charge is 2.21. The summed E-state index contributed by atoms with van der Waals surface area (Å²) >= 11 is 1.57. The lowest BCUT2D eigenvalue weighted by molar-refractivity contribution is -0.120. The molecule has 2 rings (SSSR count). The lowest BCUT2D eigenvalue weighted by atomic mass is 10.2. The van der Waals surface area contributed by atoms with Crippen molar-refractivity contribution >= 4 is 22.9 Å². The number of hydrogen-bond acceptors (Lipinski definition) is 3. The molecule has 1 amide bonds. The first-order valence-electron chi connectivity index (χ1n) is 6.57. The zero-order chi connectivity index (χ0) is 16.3. The van der Waals surface area contributed by atoms with Crippen LogP contribution in [0.1, 0.15) is 11.8 Å². The monoisotopic (exact) mass is 328 g/mol. The predicted octanol–water partition coefficient (Wildman–Crippen LogP) is 3.62. The first kappa shape index (κ1) is 16.5. The van der Waals surface area contributed by atoms with E-state index < -0.39 is 29.4 Å². The number of amides is 1. The number of rotatable bonds is 5. The average molecular weight is 328 g/mol. The Morgan fingerprint density at radius 1 is 1.27 bits per heavy atom. The molecule has 0 aliphatic rings. The highest BCUT2D eigenvalue weighted by Crippen LogP contribution is 2.20. The van der Waals surface area contributed by atoms with Crippen LogP contribution in [-0.2, 0) is 11.3 Å². The van der Waals surface area contributed by atoms with Gasteiger partial charge in [-0.1, -0.05) is 6.07 Å². The first-order chi connectivity index (χ1) is 10.4. The van der Waals surface area contributed by atoms with Crippen LogP contribution in [0, 0.1) is 17.5 Å². The van der Waals surface area contributed by atoms with Gasteiger partial charge in [-0.25, -0.2) is 13.2 Å². The number of nitrogens with one attached hydrogen (secondary N) is 1.